The molecular formula is C16H17ClN2O2. The third-order valence-electron chi connectivity index (χ3n) is 2.98. The fraction of sp³-hybridized carbons (Fsp3) is 0.188. The predicted octanol–water partition coefficient (Wildman–Crippen LogP) is 3.40. The third-order valence-corrected chi connectivity index (χ3v) is 3.22. The number of aliphatic hydroxyl groups excluding tert-OH is 1. The Morgan fingerprint density at radius 2 is 1.76 bits per heavy atom. The van der Waals surface area contributed by atoms with E-state index in [-0.39, 0.29) is 12.5 Å². The Kier molecular flexibility index (Phi) is 5.20. The summed E-state index contributed by atoms with van der Waals surface area (Å²) in [4.78, 5) is 11.2. The summed E-state index contributed by atoms with van der Waals surface area (Å²) in [5.41, 5.74) is 3.41. The molecule has 0 bridgehead atoms. The van der Waals surface area contributed by atoms with Crippen molar-refractivity contribution in [3.05, 3.63) is 58.6 Å². The standard InChI is InChI=1S/C16H17ClN2O2/c1-11(21)19-15-7-6-14(17)8-16(15)18-9-12-2-4-13(10-20)5-3-12/h2-8,18,20H,9-10H2,1H3,(H,19,21). The number of hydrogen-bond acceptors (Lipinski definition) is 3. The van der Waals surface area contributed by atoms with Crippen LogP contribution in [0.4, 0.5) is 11.4 Å². The quantitative estimate of drug-likeness (QED) is 0.793. The van der Waals surface area contributed by atoms with E-state index < -0.39 is 0 Å². The van der Waals surface area contributed by atoms with E-state index in [2.05, 4.69) is 10.6 Å². The van der Waals surface area contributed by atoms with Crippen LogP contribution in [0.2, 0.25) is 5.02 Å². The van der Waals surface area contributed by atoms with Gasteiger partial charge in [-0.15, -0.1) is 0 Å². The highest BCUT2D eigenvalue weighted by molar-refractivity contribution is 6.31. The number of aliphatic hydroxyl groups is 1. The molecule has 1 amide bonds. The molecule has 0 aliphatic rings. The Balaban J connectivity index is 2.10. The van der Waals surface area contributed by atoms with Crippen molar-refractivity contribution in [2.24, 2.45) is 0 Å². The molecule has 0 aromatic heterocycles. The van der Waals surface area contributed by atoms with Gasteiger partial charge in [0.05, 0.1) is 18.0 Å². The van der Waals surface area contributed by atoms with Crippen molar-refractivity contribution in [2.75, 3.05) is 10.6 Å². The van der Waals surface area contributed by atoms with Crippen molar-refractivity contribution >= 4 is 28.9 Å². The van der Waals surface area contributed by atoms with Crippen LogP contribution < -0.4 is 10.6 Å². The van der Waals surface area contributed by atoms with E-state index in [0.29, 0.717) is 17.3 Å². The van der Waals surface area contributed by atoms with Gasteiger partial charge < -0.3 is 15.7 Å². The molecule has 0 saturated carbocycles. The summed E-state index contributed by atoms with van der Waals surface area (Å²) >= 11 is 5.99. The molecule has 0 saturated heterocycles. The summed E-state index contributed by atoms with van der Waals surface area (Å²) in [6, 6.07) is 12.9. The number of nitrogens with one attached hydrogen (secondary N) is 2. The van der Waals surface area contributed by atoms with Crippen LogP contribution in [0.1, 0.15) is 18.1 Å². The minimum Gasteiger partial charge on any atom is -0.392 e. The molecular weight excluding hydrogens is 288 g/mol. The molecule has 2 aromatic carbocycles. The molecule has 0 unspecified atom stereocenters. The Labute approximate surface area is 128 Å². The number of rotatable bonds is 5. The maximum Gasteiger partial charge on any atom is 0.221 e. The lowest BCUT2D eigenvalue weighted by Crippen LogP contribution is -2.09. The highest BCUT2D eigenvalue weighted by Crippen LogP contribution is 2.26. The van der Waals surface area contributed by atoms with Crippen molar-refractivity contribution in [2.45, 2.75) is 20.1 Å². The molecule has 0 radical (unpaired) electrons. The van der Waals surface area contributed by atoms with Crippen molar-refractivity contribution < 1.29 is 9.90 Å². The van der Waals surface area contributed by atoms with Crippen molar-refractivity contribution in [1.29, 1.82) is 0 Å². The van der Waals surface area contributed by atoms with Gasteiger partial charge in [-0.1, -0.05) is 35.9 Å². The zero-order valence-electron chi connectivity index (χ0n) is 11.7. The first-order valence-corrected chi connectivity index (χ1v) is 6.96. The van der Waals surface area contributed by atoms with E-state index in [9.17, 15) is 4.79 Å². The van der Waals surface area contributed by atoms with Gasteiger partial charge in [-0.05, 0) is 29.3 Å². The molecule has 110 valence electrons. The number of amides is 1. The number of hydrogen-bond donors (Lipinski definition) is 3. The van der Waals surface area contributed by atoms with Gasteiger partial charge in [-0.2, -0.15) is 0 Å². The van der Waals surface area contributed by atoms with Crippen molar-refractivity contribution in [3.63, 3.8) is 0 Å². The molecule has 0 fully saturated rings. The van der Waals surface area contributed by atoms with Gasteiger partial charge in [0.15, 0.2) is 0 Å². The second-order valence-corrected chi connectivity index (χ2v) is 5.14. The summed E-state index contributed by atoms with van der Waals surface area (Å²) in [5, 5.41) is 15.6. The maximum atomic E-state index is 11.2. The molecule has 0 aliphatic carbocycles. The number of halogens is 1. The summed E-state index contributed by atoms with van der Waals surface area (Å²) in [5.74, 6) is -0.132. The van der Waals surface area contributed by atoms with Crippen LogP contribution in [0, 0.1) is 0 Å². The Hall–Kier alpha value is -2.04. The van der Waals surface area contributed by atoms with Gasteiger partial charge in [-0.3, -0.25) is 4.79 Å². The number of benzene rings is 2. The molecule has 3 N–H and O–H groups in total. The van der Waals surface area contributed by atoms with Gasteiger partial charge in [0.1, 0.15) is 0 Å². The molecule has 0 aliphatic heterocycles. The minimum absolute atomic E-state index is 0.0364. The average molecular weight is 305 g/mol. The summed E-state index contributed by atoms with van der Waals surface area (Å²) in [6.45, 7) is 2.10. The molecule has 4 nitrogen and oxygen atoms in total. The second-order valence-electron chi connectivity index (χ2n) is 4.70. The Morgan fingerprint density at radius 1 is 1.10 bits per heavy atom. The van der Waals surface area contributed by atoms with Crippen molar-refractivity contribution in [3.8, 4) is 0 Å². The van der Waals surface area contributed by atoms with Crippen LogP contribution in [0.25, 0.3) is 0 Å². The van der Waals surface area contributed by atoms with Crippen LogP contribution in [-0.2, 0) is 17.9 Å². The Bertz CT molecular complexity index is 627. The topological polar surface area (TPSA) is 61.4 Å². The molecule has 21 heavy (non-hydrogen) atoms. The zero-order chi connectivity index (χ0) is 15.2. The summed E-state index contributed by atoms with van der Waals surface area (Å²) in [7, 11) is 0. The van der Waals surface area contributed by atoms with Crippen LogP contribution >= 0.6 is 11.6 Å². The smallest absolute Gasteiger partial charge is 0.221 e. The van der Waals surface area contributed by atoms with E-state index in [4.69, 9.17) is 16.7 Å². The molecule has 0 atom stereocenters. The Morgan fingerprint density at radius 3 is 2.38 bits per heavy atom. The van der Waals surface area contributed by atoms with E-state index in [1.807, 2.05) is 24.3 Å². The number of anilines is 2. The second kappa shape index (κ2) is 7.11. The van der Waals surface area contributed by atoms with E-state index in [0.717, 1.165) is 16.8 Å². The summed E-state index contributed by atoms with van der Waals surface area (Å²) in [6.07, 6.45) is 0. The zero-order valence-corrected chi connectivity index (χ0v) is 12.4. The van der Waals surface area contributed by atoms with Gasteiger partial charge in [0.2, 0.25) is 5.91 Å². The van der Waals surface area contributed by atoms with Gasteiger partial charge >= 0.3 is 0 Å². The molecule has 5 heteroatoms. The van der Waals surface area contributed by atoms with Crippen molar-refractivity contribution in [1.82, 2.24) is 0 Å². The lowest BCUT2D eigenvalue weighted by molar-refractivity contribution is -0.114. The average Bonchev–Trinajstić information content (AvgIpc) is 2.47. The lowest BCUT2D eigenvalue weighted by Gasteiger charge is -2.13. The number of carbonyl (C=O) groups is 1. The maximum absolute atomic E-state index is 11.2. The van der Waals surface area contributed by atoms with Crippen LogP contribution in [0.5, 0.6) is 0 Å². The molecule has 0 spiro atoms. The highest BCUT2D eigenvalue weighted by Gasteiger charge is 2.05. The third kappa shape index (κ3) is 4.48. The first-order valence-electron chi connectivity index (χ1n) is 6.58. The van der Waals surface area contributed by atoms with Gasteiger partial charge in [0.25, 0.3) is 0 Å². The predicted molar refractivity (Wildman–Crippen MR) is 85.4 cm³/mol. The van der Waals surface area contributed by atoms with Crippen LogP contribution in [-0.4, -0.2) is 11.0 Å². The summed E-state index contributed by atoms with van der Waals surface area (Å²) < 4.78 is 0. The molecule has 2 aromatic rings. The van der Waals surface area contributed by atoms with E-state index >= 15 is 0 Å². The van der Waals surface area contributed by atoms with E-state index in [1.165, 1.54) is 6.92 Å². The van der Waals surface area contributed by atoms with Gasteiger partial charge in [-0.25, -0.2) is 0 Å². The monoisotopic (exact) mass is 304 g/mol. The fourth-order valence-electron chi connectivity index (χ4n) is 1.92. The fourth-order valence-corrected chi connectivity index (χ4v) is 2.09. The van der Waals surface area contributed by atoms with Gasteiger partial charge in [0, 0.05) is 18.5 Å². The minimum atomic E-state index is -0.132. The molecule has 2 rings (SSSR count). The van der Waals surface area contributed by atoms with Crippen LogP contribution in [0.15, 0.2) is 42.5 Å². The van der Waals surface area contributed by atoms with Crippen LogP contribution in [0.3, 0.4) is 0 Å². The lowest BCUT2D eigenvalue weighted by atomic mass is 10.1. The highest BCUT2D eigenvalue weighted by atomic mass is 35.5. The first-order chi connectivity index (χ1) is 10.1. The largest absolute Gasteiger partial charge is 0.392 e. The number of carbonyl (C=O) groups excluding carboxylic acids is 1. The van der Waals surface area contributed by atoms with E-state index in [1.54, 1.807) is 18.2 Å². The first kappa shape index (κ1) is 15.4. The normalized spacial score (nSPS) is 10.2. The molecule has 0 heterocycles. The SMILES string of the molecule is CC(=O)Nc1ccc(Cl)cc1NCc1ccc(CO)cc1.